The summed E-state index contributed by atoms with van der Waals surface area (Å²) in [5.41, 5.74) is 1.55. The number of anilines is 2. The monoisotopic (exact) mass is 390 g/mol. The van der Waals surface area contributed by atoms with E-state index in [0.29, 0.717) is 34.2 Å². The SMILES string of the molecule is Cc1ccc(/C=C/C(=O)Nc2cccc(NC(=O)c3ccc4c(c3)OCO4)c2)o1. The van der Waals surface area contributed by atoms with Gasteiger partial charge in [-0.3, -0.25) is 9.59 Å². The Morgan fingerprint density at radius 1 is 0.931 bits per heavy atom. The van der Waals surface area contributed by atoms with Crippen LogP contribution in [-0.4, -0.2) is 18.6 Å². The maximum absolute atomic E-state index is 12.5. The third-order valence-electron chi connectivity index (χ3n) is 4.18. The number of nitrogens with one attached hydrogen (secondary N) is 2. The molecule has 146 valence electrons. The summed E-state index contributed by atoms with van der Waals surface area (Å²) >= 11 is 0. The topological polar surface area (TPSA) is 89.8 Å². The molecule has 7 nitrogen and oxygen atoms in total. The van der Waals surface area contributed by atoms with Gasteiger partial charge in [0.15, 0.2) is 11.5 Å². The molecule has 4 rings (SSSR count). The van der Waals surface area contributed by atoms with E-state index in [1.807, 2.05) is 13.0 Å². The Morgan fingerprint density at radius 2 is 1.72 bits per heavy atom. The third-order valence-corrected chi connectivity index (χ3v) is 4.18. The summed E-state index contributed by atoms with van der Waals surface area (Å²) in [5, 5.41) is 5.56. The zero-order valence-corrected chi connectivity index (χ0v) is 15.6. The number of ether oxygens (including phenoxy) is 2. The van der Waals surface area contributed by atoms with Crippen molar-refractivity contribution < 1.29 is 23.5 Å². The second kappa shape index (κ2) is 7.93. The average Bonchev–Trinajstić information content (AvgIpc) is 3.34. The summed E-state index contributed by atoms with van der Waals surface area (Å²) in [5.74, 6) is 1.93. The fourth-order valence-electron chi connectivity index (χ4n) is 2.80. The highest BCUT2D eigenvalue weighted by Gasteiger charge is 2.16. The van der Waals surface area contributed by atoms with Gasteiger partial charge in [0.1, 0.15) is 11.5 Å². The van der Waals surface area contributed by atoms with Crippen LogP contribution in [0.5, 0.6) is 11.5 Å². The van der Waals surface area contributed by atoms with Gasteiger partial charge in [0, 0.05) is 23.0 Å². The van der Waals surface area contributed by atoms with E-state index in [-0.39, 0.29) is 18.6 Å². The summed E-state index contributed by atoms with van der Waals surface area (Å²) in [6.45, 7) is 1.98. The fourth-order valence-corrected chi connectivity index (χ4v) is 2.80. The van der Waals surface area contributed by atoms with E-state index in [0.717, 1.165) is 5.76 Å². The lowest BCUT2D eigenvalue weighted by molar-refractivity contribution is -0.111. The number of benzene rings is 2. The third kappa shape index (κ3) is 4.47. The summed E-state index contributed by atoms with van der Waals surface area (Å²) in [4.78, 5) is 24.6. The molecule has 1 aliphatic heterocycles. The highest BCUT2D eigenvalue weighted by Crippen LogP contribution is 2.32. The highest BCUT2D eigenvalue weighted by molar-refractivity contribution is 6.05. The zero-order valence-electron chi connectivity index (χ0n) is 15.6. The Hall–Kier alpha value is -4.00. The first-order chi connectivity index (χ1) is 14.1. The van der Waals surface area contributed by atoms with Crippen LogP contribution in [-0.2, 0) is 4.79 Å². The van der Waals surface area contributed by atoms with Gasteiger partial charge in [0.05, 0.1) is 0 Å². The van der Waals surface area contributed by atoms with E-state index in [1.165, 1.54) is 6.08 Å². The number of furan rings is 1. The number of carbonyl (C=O) groups is 2. The number of hydrogen-bond donors (Lipinski definition) is 2. The second-order valence-corrected chi connectivity index (χ2v) is 6.37. The van der Waals surface area contributed by atoms with Gasteiger partial charge >= 0.3 is 0 Å². The Morgan fingerprint density at radius 3 is 2.52 bits per heavy atom. The van der Waals surface area contributed by atoms with Gasteiger partial charge in [0.2, 0.25) is 12.7 Å². The maximum Gasteiger partial charge on any atom is 0.255 e. The van der Waals surface area contributed by atoms with Crippen LogP contribution >= 0.6 is 0 Å². The van der Waals surface area contributed by atoms with E-state index >= 15 is 0 Å². The van der Waals surface area contributed by atoms with Crippen LogP contribution in [0, 0.1) is 6.92 Å². The summed E-state index contributed by atoms with van der Waals surface area (Å²) in [7, 11) is 0. The van der Waals surface area contributed by atoms with Crippen molar-refractivity contribution in [1.29, 1.82) is 0 Å². The van der Waals surface area contributed by atoms with Gasteiger partial charge in [-0.1, -0.05) is 6.07 Å². The van der Waals surface area contributed by atoms with Crippen molar-refractivity contribution >= 4 is 29.3 Å². The molecule has 2 heterocycles. The largest absolute Gasteiger partial charge is 0.462 e. The lowest BCUT2D eigenvalue weighted by Crippen LogP contribution is -2.12. The fraction of sp³-hybridized carbons (Fsp3) is 0.0909. The van der Waals surface area contributed by atoms with Crippen LogP contribution < -0.4 is 20.1 Å². The van der Waals surface area contributed by atoms with Gasteiger partial charge in [-0.25, -0.2) is 0 Å². The molecule has 0 fully saturated rings. The first kappa shape index (κ1) is 18.4. The van der Waals surface area contributed by atoms with Gasteiger partial charge in [-0.05, 0) is 61.5 Å². The van der Waals surface area contributed by atoms with Crippen LogP contribution in [0.2, 0.25) is 0 Å². The van der Waals surface area contributed by atoms with E-state index in [1.54, 1.807) is 54.6 Å². The predicted molar refractivity (Wildman–Crippen MR) is 108 cm³/mol. The molecule has 0 bridgehead atoms. The van der Waals surface area contributed by atoms with Gasteiger partial charge in [-0.2, -0.15) is 0 Å². The standard InChI is InChI=1S/C22H18N2O5/c1-14-5-7-18(29-14)8-10-21(25)23-16-3-2-4-17(12-16)24-22(26)15-6-9-19-20(11-15)28-13-27-19/h2-12H,13H2,1H3,(H,23,25)(H,24,26)/b10-8+. The molecule has 1 aromatic heterocycles. The van der Waals surface area contributed by atoms with Crippen molar-refractivity contribution in [3.05, 3.63) is 77.8 Å². The lowest BCUT2D eigenvalue weighted by atomic mass is 10.2. The molecule has 0 saturated heterocycles. The molecule has 0 aliphatic carbocycles. The van der Waals surface area contributed by atoms with Crippen molar-refractivity contribution in [3.63, 3.8) is 0 Å². The van der Waals surface area contributed by atoms with Crippen molar-refractivity contribution in [2.75, 3.05) is 17.4 Å². The Kier molecular flexibility index (Phi) is 5.03. The summed E-state index contributed by atoms with van der Waals surface area (Å²) in [6, 6.07) is 15.5. The minimum Gasteiger partial charge on any atom is -0.462 e. The molecule has 3 aromatic rings. The van der Waals surface area contributed by atoms with E-state index in [4.69, 9.17) is 13.9 Å². The van der Waals surface area contributed by atoms with Crippen LogP contribution in [0.4, 0.5) is 11.4 Å². The quantitative estimate of drug-likeness (QED) is 0.637. The number of amides is 2. The number of hydrogen-bond acceptors (Lipinski definition) is 5. The van der Waals surface area contributed by atoms with E-state index < -0.39 is 0 Å². The minimum atomic E-state index is -0.307. The van der Waals surface area contributed by atoms with Crippen LogP contribution in [0.25, 0.3) is 6.08 Å². The van der Waals surface area contributed by atoms with Crippen LogP contribution in [0.1, 0.15) is 21.9 Å². The molecule has 2 amide bonds. The van der Waals surface area contributed by atoms with Gasteiger partial charge in [0.25, 0.3) is 5.91 Å². The highest BCUT2D eigenvalue weighted by atomic mass is 16.7. The van der Waals surface area contributed by atoms with Crippen molar-refractivity contribution in [1.82, 2.24) is 0 Å². The molecule has 2 aromatic carbocycles. The maximum atomic E-state index is 12.5. The first-order valence-electron chi connectivity index (χ1n) is 8.93. The smallest absolute Gasteiger partial charge is 0.255 e. The zero-order chi connectivity index (χ0) is 20.2. The molecule has 0 saturated carbocycles. The molecule has 0 radical (unpaired) electrons. The normalized spacial score (nSPS) is 12.2. The average molecular weight is 390 g/mol. The molecular weight excluding hydrogens is 372 g/mol. The number of carbonyl (C=O) groups excluding carboxylic acids is 2. The Balaban J connectivity index is 1.40. The second-order valence-electron chi connectivity index (χ2n) is 6.37. The van der Waals surface area contributed by atoms with E-state index in [2.05, 4.69) is 10.6 Å². The molecule has 0 atom stereocenters. The molecular formula is C22H18N2O5. The lowest BCUT2D eigenvalue weighted by Gasteiger charge is -2.08. The van der Waals surface area contributed by atoms with Crippen molar-refractivity contribution in [2.45, 2.75) is 6.92 Å². The molecule has 2 N–H and O–H groups in total. The minimum absolute atomic E-state index is 0.149. The molecule has 7 heteroatoms. The summed E-state index contributed by atoms with van der Waals surface area (Å²) in [6.07, 6.45) is 2.98. The van der Waals surface area contributed by atoms with E-state index in [9.17, 15) is 9.59 Å². The number of fused-ring (bicyclic) bond motifs is 1. The first-order valence-corrected chi connectivity index (χ1v) is 8.93. The summed E-state index contributed by atoms with van der Waals surface area (Å²) < 4.78 is 15.9. The van der Waals surface area contributed by atoms with Gasteiger partial charge < -0.3 is 24.5 Å². The van der Waals surface area contributed by atoms with Crippen LogP contribution in [0.3, 0.4) is 0 Å². The molecule has 1 aliphatic rings. The van der Waals surface area contributed by atoms with Gasteiger partial charge in [-0.15, -0.1) is 0 Å². The molecule has 0 spiro atoms. The number of rotatable bonds is 5. The van der Waals surface area contributed by atoms with Crippen molar-refractivity contribution in [3.8, 4) is 11.5 Å². The predicted octanol–water partition coefficient (Wildman–Crippen LogP) is 4.22. The van der Waals surface area contributed by atoms with Crippen molar-refractivity contribution in [2.24, 2.45) is 0 Å². The Labute approximate surface area is 166 Å². The molecule has 0 unspecified atom stereocenters. The molecule has 29 heavy (non-hydrogen) atoms. The Bertz CT molecular complexity index is 1100. The number of aryl methyl sites for hydroxylation is 1. The van der Waals surface area contributed by atoms with Crippen LogP contribution in [0.15, 0.2) is 65.1 Å².